The molecule has 0 saturated carbocycles. The first-order valence-electron chi connectivity index (χ1n) is 21.2. The molecular formula is C58H42N2O. The fourth-order valence-corrected chi connectivity index (χ4v) is 10.6. The largest absolute Gasteiger partial charge is 0.457 e. The number of nitrogens with zero attached hydrogens (tertiary/aromatic N) is 2. The molecule has 2 aliphatic rings. The van der Waals surface area contributed by atoms with E-state index in [1.165, 1.54) is 60.8 Å². The predicted octanol–water partition coefficient (Wildman–Crippen LogP) is 15.0. The summed E-state index contributed by atoms with van der Waals surface area (Å²) in [7, 11) is 0. The Labute approximate surface area is 356 Å². The van der Waals surface area contributed by atoms with Gasteiger partial charge in [0, 0.05) is 50.1 Å². The number of aromatic nitrogens is 1. The SMILES string of the molecule is CC1(C)c2ccccc2Oc2ccc(N(c3cccc(C4(c5ccccc5)c5ccccc5-c5ccccc54)c3)c3ccc4c(c3)c3ccccc3n4-c3ccccc3)cc21. The third-order valence-corrected chi connectivity index (χ3v) is 13.3. The van der Waals surface area contributed by atoms with Gasteiger partial charge < -0.3 is 14.2 Å². The zero-order valence-electron chi connectivity index (χ0n) is 34.1. The van der Waals surface area contributed by atoms with E-state index in [-0.39, 0.29) is 5.41 Å². The number of fused-ring (bicyclic) bond motifs is 8. The summed E-state index contributed by atoms with van der Waals surface area (Å²) in [6, 6.07) is 79.8. The highest BCUT2D eigenvalue weighted by molar-refractivity contribution is 6.10. The van der Waals surface area contributed by atoms with Crippen molar-refractivity contribution in [2.45, 2.75) is 24.7 Å². The molecule has 61 heavy (non-hydrogen) atoms. The summed E-state index contributed by atoms with van der Waals surface area (Å²) in [5, 5.41) is 2.42. The standard InChI is InChI=1S/C58H42N2O/c1-57(2)51-29-14-16-31-55(51)61-56-35-33-44(38-52(56)57)59(43-32-34-54-48(37-43)47-26-11-15-30-53(47)60(54)41-21-7-4-8-22-41)42-23-17-20-40(36-42)58(39-18-5-3-6-19-39)49-27-12-9-24-45(49)46-25-10-13-28-50(46)58/h3-38H,1-2H3. The van der Waals surface area contributed by atoms with E-state index < -0.39 is 5.41 Å². The highest BCUT2D eigenvalue weighted by atomic mass is 16.5. The van der Waals surface area contributed by atoms with E-state index in [1.54, 1.807) is 0 Å². The van der Waals surface area contributed by atoms with Crippen LogP contribution in [0.5, 0.6) is 11.5 Å². The van der Waals surface area contributed by atoms with Gasteiger partial charge in [-0.3, -0.25) is 0 Å². The number of para-hydroxylation sites is 3. The van der Waals surface area contributed by atoms with Crippen LogP contribution in [0.4, 0.5) is 17.1 Å². The quantitative estimate of drug-likeness (QED) is 0.167. The summed E-state index contributed by atoms with van der Waals surface area (Å²) in [6.45, 7) is 4.62. The van der Waals surface area contributed by atoms with E-state index in [0.717, 1.165) is 39.8 Å². The summed E-state index contributed by atoms with van der Waals surface area (Å²) < 4.78 is 8.99. The molecule has 0 radical (unpaired) electrons. The fraction of sp³-hybridized carbons (Fsp3) is 0.0690. The second-order valence-electron chi connectivity index (χ2n) is 16.9. The van der Waals surface area contributed by atoms with Crippen LogP contribution in [0.3, 0.4) is 0 Å². The highest BCUT2D eigenvalue weighted by Gasteiger charge is 2.46. The van der Waals surface area contributed by atoms with Crippen molar-refractivity contribution in [1.82, 2.24) is 4.57 Å². The second-order valence-corrected chi connectivity index (χ2v) is 16.9. The average Bonchev–Trinajstić information content (AvgIpc) is 3.81. The maximum absolute atomic E-state index is 6.60. The molecule has 12 rings (SSSR count). The van der Waals surface area contributed by atoms with Crippen LogP contribution in [-0.2, 0) is 10.8 Å². The third kappa shape index (κ3) is 5.17. The fourth-order valence-electron chi connectivity index (χ4n) is 10.6. The van der Waals surface area contributed by atoms with E-state index in [9.17, 15) is 0 Å². The number of benzene rings is 9. The zero-order valence-corrected chi connectivity index (χ0v) is 34.1. The van der Waals surface area contributed by atoms with E-state index in [0.29, 0.717) is 0 Å². The number of hydrogen-bond donors (Lipinski definition) is 0. The first kappa shape index (κ1) is 35.3. The van der Waals surface area contributed by atoms with Crippen molar-refractivity contribution in [2.24, 2.45) is 0 Å². The van der Waals surface area contributed by atoms with Gasteiger partial charge in [0.05, 0.1) is 16.4 Å². The molecule has 0 bridgehead atoms. The van der Waals surface area contributed by atoms with Crippen LogP contribution in [0, 0.1) is 0 Å². The molecule has 0 N–H and O–H groups in total. The summed E-state index contributed by atoms with van der Waals surface area (Å²) in [4.78, 5) is 2.44. The molecule has 1 aliphatic heterocycles. The van der Waals surface area contributed by atoms with E-state index in [1.807, 2.05) is 0 Å². The van der Waals surface area contributed by atoms with Crippen molar-refractivity contribution >= 4 is 38.9 Å². The molecule has 0 unspecified atom stereocenters. The van der Waals surface area contributed by atoms with Gasteiger partial charge in [-0.05, 0) is 106 Å². The lowest BCUT2D eigenvalue weighted by Crippen LogP contribution is -2.29. The van der Waals surface area contributed by atoms with Crippen LogP contribution in [0.2, 0.25) is 0 Å². The smallest absolute Gasteiger partial charge is 0.131 e. The maximum atomic E-state index is 6.60. The van der Waals surface area contributed by atoms with Crippen molar-refractivity contribution in [3.05, 3.63) is 252 Å². The lowest BCUT2D eigenvalue weighted by Gasteiger charge is -2.37. The van der Waals surface area contributed by atoms with Gasteiger partial charge in [0.1, 0.15) is 11.5 Å². The molecule has 3 heteroatoms. The van der Waals surface area contributed by atoms with Crippen molar-refractivity contribution in [3.8, 4) is 28.3 Å². The van der Waals surface area contributed by atoms with E-state index in [4.69, 9.17) is 4.74 Å². The van der Waals surface area contributed by atoms with Gasteiger partial charge in [-0.2, -0.15) is 0 Å². The van der Waals surface area contributed by atoms with E-state index in [2.05, 4.69) is 242 Å². The van der Waals surface area contributed by atoms with Gasteiger partial charge in [-0.15, -0.1) is 0 Å². The van der Waals surface area contributed by atoms with Crippen molar-refractivity contribution in [2.75, 3.05) is 4.90 Å². The minimum absolute atomic E-state index is 0.282. The van der Waals surface area contributed by atoms with Gasteiger partial charge in [0.25, 0.3) is 0 Å². The highest BCUT2D eigenvalue weighted by Crippen LogP contribution is 2.57. The van der Waals surface area contributed by atoms with Gasteiger partial charge in [0.2, 0.25) is 0 Å². The summed E-state index contributed by atoms with van der Waals surface area (Å²) >= 11 is 0. The minimum atomic E-state index is -0.529. The summed E-state index contributed by atoms with van der Waals surface area (Å²) in [5.41, 5.74) is 15.9. The van der Waals surface area contributed by atoms with Gasteiger partial charge in [0.15, 0.2) is 0 Å². The van der Waals surface area contributed by atoms with Gasteiger partial charge in [-0.1, -0.05) is 159 Å². The lowest BCUT2D eigenvalue weighted by atomic mass is 9.67. The van der Waals surface area contributed by atoms with Crippen molar-refractivity contribution in [1.29, 1.82) is 0 Å². The summed E-state index contributed by atoms with van der Waals surface area (Å²) in [6.07, 6.45) is 0. The number of rotatable bonds is 6. The lowest BCUT2D eigenvalue weighted by molar-refractivity contribution is 0.418. The Balaban J connectivity index is 1.12. The molecule has 1 aromatic heterocycles. The number of anilines is 3. The number of hydrogen-bond acceptors (Lipinski definition) is 2. The van der Waals surface area contributed by atoms with Gasteiger partial charge >= 0.3 is 0 Å². The normalized spacial score (nSPS) is 14.1. The molecule has 0 saturated heterocycles. The second kappa shape index (κ2) is 13.5. The molecule has 3 nitrogen and oxygen atoms in total. The zero-order chi connectivity index (χ0) is 40.7. The Kier molecular flexibility index (Phi) is 7.79. The Morgan fingerprint density at radius 2 is 0.951 bits per heavy atom. The minimum Gasteiger partial charge on any atom is -0.457 e. The molecule has 2 heterocycles. The van der Waals surface area contributed by atoms with Crippen LogP contribution >= 0.6 is 0 Å². The van der Waals surface area contributed by atoms with Gasteiger partial charge in [-0.25, -0.2) is 0 Å². The van der Waals surface area contributed by atoms with Crippen molar-refractivity contribution in [3.63, 3.8) is 0 Å². The molecule has 0 amide bonds. The molecular weight excluding hydrogens is 741 g/mol. The molecule has 0 atom stereocenters. The molecule has 0 spiro atoms. The van der Waals surface area contributed by atoms with Crippen LogP contribution < -0.4 is 9.64 Å². The average molecular weight is 783 g/mol. The Hall–Kier alpha value is -7.62. The molecule has 10 aromatic rings. The first-order chi connectivity index (χ1) is 30.0. The van der Waals surface area contributed by atoms with E-state index >= 15 is 0 Å². The molecule has 1 aliphatic carbocycles. The summed E-state index contributed by atoms with van der Waals surface area (Å²) in [5.74, 6) is 1.81. The van der Waals surface area contributed by atoms with Crippen LogP contribution in [0.15, 0.2) is 218 Å². The predicted molar refractivity (Wildman–Crippen MR) is 251 cm³/mol. The molecule has 9 aromatic carbocycles. The van der Waals surface area contributed by atoms with Crippen LogP contribution in [-0.4, -0.2) is 4.57 Å². The Bertz CT molecular complexity index is 3280. The third-order valence-electron chi connectivity index (χ3n) is 13.3. The Morgan fingerprint density at radius 3 is 1.72 bits per heavy atom. The van der Waals surface area contributed by atoms with Crippen LogP contribution in [0.1, 0.15) is 47.2 Å². The Morgan fingerprint density at radius 1 is 0.393 bits per heavy atom. The van der Waals surface area contributed by atoms with Crippen molar-refractivity contribution < 1.29 is 4.74 Å². The first-order valence-corrected chi connectivity index (χ1v) is 21.2. The van der Waals surface area contributed by atoms with Crippen LogP contribution in [0.25, 0.3) is 38.6 Å². The molecule has 0 fully saturated rings. The molecule has 290 valence electrons. The maximum Gasteiger partial charge on any atom is 0.131 e. The topological polar surface area (TPSA) is 17.4 Å². The number of ether oxygens (including phenoxy) is 1. The monoisotopic (exact) mass is 782 g/mol.